The molecule has 0 amide bonds. The molecule has 1 aromatic carbocycles. The lowest BCUT2D eigenvalue weighted by atomic mass is 10.2. The lowest BCUT2D eigenvalue weighted by Gasteiger charge is -2.19. The predicted octanol–water partition coefficient (Wildman–Crippen LogP) is 3.79. The number of hydrogen-bond donors (Lipinski definition) is 1. The number of carboxylic acids is 1. The average molecular weight is 303 g/mol. The first-order valence-electron chi connectivity index (χ1n) is 7.29. The molecule has 1 N–H and O–H groups in total. The highest BCUT2D eigenvalue weighted by Gasteiger charge is 2.20. The topological polar surface area (TPSA) is 72.6 Å². The van der Waals surface area contributed by atoms with Crippen molar-refractivity contribution in [2.24, 2.45) is 0 Å². The number of carboxylic acid groups (broad SMARTS) is 1. The van der Waals surface area contributed by atoms with Crippen molar-refractivity contribution in [3.8, 4) is 11.5 Å². The Morgan fingerprint density at radius 2 is 1.95 bits per heavy atom. The first-order valence-corrected chi connectivity index (χ1v) is 7.29. The molecule has 118 valence electrons. The number of ether oxygens (including phenoxy) is 1. The standard InChI is InChI=1S/C17H21NO4/c1-17(2,3)21-11-7-10-13-14(16(19)20)18-15(22-13)12-8-5-4-6-9-12/h4-6,8-9H,7,10-11H2,1-3H3,(H,19,20). The summed E-state index contributed by atoms with van der Waals surface area (Å²) >= 11 is 0. The van der Waals surface area contributed by atoms with Crippen LogP contribution in [0.2, 0.25) is 0 Å². The molecule has 1 heterocycles. The SMILES string of the molecule is CC(C)(C)OCCCc1oc(-c2ccccc2)nc1C(=O)O. The number of aryl methyl sites for hydroxylation is 1. The highest BCUT2D eigenvalue weighted by Crippen LogP contribution is 2.23. The molecule has 0 atom stereocenters. The van der Waals surface area contributed by atoms with Gasteiger partial charge in [0.1, 0.15) is 5.76 Å². The molecule has 0 aliphatic carbocycles. The molecule has 0 bridgehead atoms. The van der Waals surface area contributed by atoms with E-state index in [4.69, 9.17) is 9.15 Å². The number of benzene rings is 1. The summed E-state index contributed by atoms with van der Waals surface area (Å²) in [7, 11) is 0. The minimum absolute atomic E-state index is 0.0189. The summed E-state index contributed by atoms with van der Waals surface area (Å²) in [4.78, 5) is 15.4. The fourth-order valence-electron chi connectivity index (χ4n) is 2.00. The van der Waals surface area contributed by atoms with Crippen LogP contribution >= 0.6 is 0 Å². The van der Waals surface area contributed by atoms with E-state index in [0.717, 1.165) is 5.56 Å². The second-order valence-corrected chi connectivity index (χ2v) is 6.03. The molecule has 22 heavy (non-hydrogen) atoms. The van der Waals surface area contributed by atoms with E-state index < -0.39 is 5.97 Å². The number of hydrogen-bond acceptors (Lipinski definition) is 4. The zero-order valence-corrected chi connectivity index (χ0v) is 13.1. The highest BCUT2D eigenvalue weighted by atomic mass is 16.5. The number of nitrogens with zero attached hydrogens (tertiary/aromatic N) is 1. The summed E-state index contributed by atoms with van der Waals surface area (Å²) < 4.78 is 11.3. The quantitative estimate of drug-likeness (QED) is 0.822. The molecule has 1 aromatic heterocycles. The number of carbonyl (C=O) groups is 1. The van der Waals surface area contributed by atoms with Gasteiger partial charge in [-0.2, -0.15) is 0 Å². The summed E-state index contributed by atoms with van der Waals surface area (Å²) in [6, 6.07) is 9.27. The van der Waals surface area contributed by atoms with Crippen LogP contribution in [0.4, 0.5) is 0 Å². The highest BCUT2D eigenvalue weighted by molar-refractivity contribution is 5.87. The molecule has 2 aromatic rings. The smallest absolute Gasteiger partial charge is 0.358 e. The normalized spacial score (nSPS) is 11.6. The third-order valence-corrected chi connectivity index (χ3v) is 3.00. The minimum atomic E-state index is -1.07. The van der Waals surface area contributed by atoms with E-state index in [0.29, 0.717) is 31.1 Å². The predicted molar refractivity (Wildman–Crippen MR) is 82.9 cm³/mol. The Morgan fingerprint density at radius 3 is 2.55 bits per heavy atom. The first kappa shape index (κ1) is 16.2. The van der Waals surface area contributed by atoms with Gasteiger partial charge in [0.2, 0.25) is 5.89 Å². The van der Waals surface area contributed by atoms with Crippen LogP contribution in [-0.2, 0) is 11.2 Å². The van der Waals surface area contributed by atoms with Crippen molar-refractivity contribution in [1.82, 2.24) is 4.98 Å². The van der Waals surface area contributed by atoms with Gasteiger partial charge in [-0.15, -0.1) is 0 Å². The Hall–Kier alpha value is -2.14. The van der Waals surface area contributed by atoms with Crippen molar-refractivity contribution in [2.75, 3.05) is 6.61 Å². The summed E-state index contributed by atoms with van der Waals surface area (Å²) in [5.41, 5.74) is 0.545. The monoisotopic (exact) mass is 303 g/mol. The third-order valence-electron chi connectivity index (χ3n) is 3.00. The van der Waals surface area contributed by atoms with Crippen molar-refractivity contribution in [3.63, 3.8) is 0 Å². The van der Waals surface area contributed by atoms with Crippen LogP contribution in [0.5, 0.6) is 0 Å². The third kappa shape index (κ3) is 4.43. The summed E-state index contributed by atoms with van der Waals surface area (Å²) in [6.07, 6.45) is 1.17. The summed E-state index contributed by atoms with van der Waals surface area (Å²) in [5, 5.41) is 9.26. The Morgan fingerprint density at radius 1 is 1.27 bits per heavy atom. The van der Waals surface area contributed by atoms with Gasteiger partial charge in [0, 0.05) is 18.6 Å². The van der Waals surface area contributed by atoms with Gasteiger partial charge in [0.25, 0.3) is 0 Å². The Balaban J connectivity index is 2.10. The summed E-state index contributed by atoms with van der Waals surface area (Å²) in [6.45, 7) is 6.50. The number of aromatic nitrogens is 1. The summed E-state index contributed by atoms with van der Waals surface area (Å²) in [5.74, 6) is -0.341. The molecule has 0 spiro atoms. The minimum Gasteiger partial charge on any atom is -0.476 e. The zero-order chi connectivity index (χ0) is 16.2. The lowest BCUT2D eigenvalue weighted by molar-refractivity contribution is -0.00427. The molecule has 0 saturated heterocycles. The number of oxazole rings is 1. The van der Waals surface area contributed by atoms with E-state index in [2.05, 4.69) is 4.98 Å². The molecule has 5 nitrogen and oxygen atoms in total. The van der Waals surface area contributed by atoms with Gasteiger partial charge in [-0.1, -0.05) is 18.2 Å². The van der Waals surface area contributed by atoms with Crippen LogP contribution in [0.1, 0.15) is 43.4 Å². The molecule has 0 saturated carbocycles. The molecule has 0 aliphatic heterocycles. The van der Waals surface area contributed by atoms with Gasteiger partial charge < -0.3 is 14.3 Å². The fourth-order valence-corrected chi connectivity index (χ4v) is 2.00. The van der Waals surface area contributed by atoms with Gasteiger partial charge in [-0.05, 0) is 39.3 Å². The lowest BCUT2D eigenvalue weighted by Crippen LogP contribution is -2.20. The van der Waals surface area contributed by atoms with E-state index in [1.807, 2.05) is 51.1 Å². The van der Waals surface area contributed by atoms with Crippen LogP contribution < -0.4 is 0 Å². The van der Waals surface area contributed by atoms with Crippen LogP contribution in [0.25, 0.3) is 11.5 Å². The van der Waals surface area contributed by atoms with Crippen molar-refractivity contribution in [3.05, 3.63) is 41.8 Å². The maximum Gasteiger partial charge on any atom is 0.358 e. The first-order chi connectivity index (χ1) is 10.4. The second-order valence-electron chi connectivity index (χ2n) is 6.03. The number of aromatic carboxylic acids is 1. The molecular weight excluding hydrogens is 282 g/mol. The van der Waals surface area contributed by atoms with E-state index in [1.54, 1.807) is 0 Å². The Bertz CT molecular complexity index is 626. The number of rotatable bonds is 6. The fraction of sp³-hybridized carbons (Fsp3) is 0.412. The van der Waals surface area contributed by atoms with Gasteiger partial charge in [-0.25, -0.2) is 9.78 Å². The van der Waals surface area contributed by atoms with Crippen LogP contribution in [0.3, 0.4) is 0 Å². The molecule has 2 rings (SSSR count). The zero-order valence-electron chi connectivity index (χ0n) is 13.1. The van der Waals surface area contributed by atoms with Crippen molar-refractivity contribution in [1.29, 1.82) is 0 Å². The van der Waals surface area contributed by atoms with Gasteiger partial charge in [0.15, 0.2) is 5.69 Å². The maximum atomic E-state index is 11.3. The molecule has 5 heteroatoms. The Kier molecular flexibility index (Phi) is 4.98. The van der Waals surface area contributed by atoms with Crippen molar-refractivity contribution in [2.45, 2.75) is 39.2 Å². The molecule has 0 aliphatic rings. The molecule has 0 radical (unpaired) electrons. The average Bonchev–Trinajstić information content (AvgIpc) is 2.88. The maximum absolute atomic E-state index is 11.3. The van der Waals surface area contributed by atoms with Crippen molar-refractivity contribution < 1.29 is 19.1 Å². The van der Waals surface area contributed by atoms with Crippen molar-refractivity contribution >= 4 is 5.97 Å². The van der Waals surface area contributed by atoms with E-state index in [-0.39, 0.29) is 11.3 Å². The Labute approximate surface area is 129 Å². The second kappa shape index (κ2) is 6.75. The van der Waals surface area contributed by atoms with Gasteiger partial charge in [-0.3, -0.25) is 0 Å². The van der Waals surface area contributed by atoms with E-state index in [9.17, 15) is 9.90 Å². The van der Waals surface area contributed by atoms with E-state index in [1.165, 1.54) is 0 Å². The van der Waals surface area contributed by atoms with Gasteiger partial charge >= 0.3 is 5.97 Å². The van der Waals surface area contributed by atoms with Crippen LogP contribution in [0.15, 0.2) is 34.7 Å². The molecular formula is C17H21NO4. The van der Waals surface area contributed by atoms with E-state index >= 15 is 0 Å². The largest absolute Gasteiger partial charge is 0.476 e. The van der Waals surface area contributed by atoms with Crippen LogP contribution in [0, 0.1) is 0 Å². The van der Waals surface area contributed by atoms with Crippen LogP contribution in [-0.4, -0.2) is 28.3 Å². The van der Waals surface area contributed by atoms with Gasteiger partial charge in [0.05, 0.1) is 5.60 Å². The molecule has 0 unspecified atom stereocenters. The molecule has 0 fully saturated rings.